The van der Waals surface area contributed by atoms with Gasteiger partial charge in [0.05, 0.1) is 12.1 Å². The van der Waals surface area contributed by atoms with E-state index in [-0.39, 0.29) is 47.6 Å². The number of carbonyl (C=O) groups is 4. The van der Waals surface area contributed by atoms with Crippen molar-refractivity contribution in [1.29, 1.82) is 0 Å². The maximum absolute atomic E-state index is 12.5. The Morgan fingerprint density at radius 2 is 1.61 bits per heavy atom. The van der Waals surface area contributed by atoms with Gasteiger partial charge in [-0.2, -0.15) is 0 Å². The number of ether oxygens (including phenoxy) is 1. The average Bonchev–Trinajstić information content (AvgIpc) is 2.97. The summed E-state index contributed by atoms with van der Waals surface area (Å²) >= 11 is 0. The molecule has 0 aromatic rings. The van der Waals surface area contributed by atoms with Crippen LogP contribution in [0.15, 0.2) is 12.2 Å². The molecular formula is C23H37N3O5. The summed E-state index contributed by atoms with van der Waals surface area (Å²) in [5.41, 5.74) is -0.645. The van der Waals surface area contributed by atoms with E-state index < -0.39 is 5.54 Å². The van der Waals surface area contributed by atoms with Crippen LogP contribution in [-0.2, 0) is 23.9 Å². The molecule has 174 valence electrons. The number of rotatable bonds is 9. The van der Waals surface area contributed by atoms with Gasteiger partial charge in [-0.15, -0.1) is 0 Å². The fraction of sp³-hybridized carbons (Fsp3) is 0.739. The van der Waals surface area contributed by atoms with Gasteiger partial charge >= 0.3 is 0 Å². The summed E-state index contributed by atoms with van der Waals surface area (Å²) in [5.74, 6) is -0.775. The van der Waals surface area contributed by atoms with Gasteiger partial charge in [0, 0.05) is 36.8 Å². The summed E-state index contributed by atoms with van der Waals surface area (Å²) in [5, 5.41) is 5.69. The van der Waals surface area contributed by atoms with Crippen LogP contribution < -0.4 is 10.6 Å². The molecule has 1 heterocycles. The van der Waals surface area contributed by atoms with Gasteiger partial charge in [-0.05, 0) is 72.6 Å². The third kappa shape index (κ3) is 8.44. The summed E-state index contributed by atoms with van der Waals surface area (Å²) < 4.78 is 5.72. The maximum atomic E-state index is 12.5. The van der Waals surface area contributed by atoms with E-state index in [0.29, 0.717) is 32.4 Å². The number of hydrogen-bond donors (Lipinski definition) is 2. The van der Waals surface area contributed by atoms with Crippen LogP contribution >= 0.6 is 0 Å². The van der Waals surface area contributed by atoms with Crippen LogP contribution in [0.2, 0.25) is 0 Å². The second-order valence-corrected chi connectivity index (χ2v) is 10.2. The van der Waals surface area contributed by atoms with E-state index in [9.17, 15) is 19.2 Å². The molecule has 4 amide bonds. The van der Waals surface area contributed by atoms with Crippen molar-refractivity contribution in [1.82, 2.24) is 15.5 Å². The van der Waals surface area contributed by atoms with Gasteiger partial charge in [0.2, 0.25) is 11.8 Å². The van der Waals surface area contributed by atoms with Crippen molar-refractivity contribution >= 4 is 23.6 Å². The third-order valence-electron chi connectivity index (χ3n) is 5.72. The summed E-state index contributed by atoms with van der Waals surface area (Å²) in [7, 11) is 0. The molecule has 2 aliphatic rings. The first-order valence-corrected chi connectivity index (χ1v) is 11.1. The van der Waals surface area contributed by atoms with E-state index in [1.54, 1.807) is 0 Å². The van der Waals surface area contributed by atoms with Crippen molar-refractivity contribution in [2.45, 2.75) is 77.9 Å². The number of amides is 4. The highest BCUT2D eigenvalue weighted by Crippen LogP contribution is 2.30. The summed E-state index contributed by atoms with van der Waals surface area (Å²) in [4.78, 5) is 49.4. The monoisotopic (exact) mass is 435 g/mol. The molecule has 0 spiro atoms. The van der Waals surface area contributed by atoms with Gasteiger partial charge in [-0.1, -0.05) is 0 Å². The molecule has 1 aliphatic carbocycles. The molecule has 0 bridgehead atoms. The number of hydrogen-bond acceptors (Lipinski definition) is 5. The second-order valence-electron chi connectivity index (χ2n) is 10.2. The van der Waals surface area contributed by atoms with Crippen LogP contribution in [0.25, 0.3) is 0 Å². The highest BCUT2D eigenvalue weighted by Gasteiger charge is 2.31. The van der Waals surface area contributed by atoms with E-state index in [1.807, 2.05) is 34.6 Å². The van der Waals surface area contributed by atoms with Crippen molar-refractivity contribution < 1.29 is 23.9 Å². The van der Waals surface area contributed by atoms with E-state index in [1.165, 1.54) is 17.1 Å². The topological polar surface area (TPSA) is 105 Å². The fourth-order valence-electron chi connectivity index (χ4n) is 3.88. The highest BCUT2D eigenvalue weighted by molar-refractivity contribution is 6.12. The van der Waals surface area contributed by atoms with Crippen molar-refractivity contribution in [3.8, 4) is 0 Å². The van der Waals surface area contributed by atoms with E-state index in [0.717, 1.165) is 12.8 Å². The standard InChI is InChI=1S/C23H37N3O5/c1-22(2,3)31-13-12-23(4,5)25-18(27)14-24-21(30)17-8-6-16(7-9-17)15-26-19(28)10-11-20(26)29/h10-11,16-17H,6-9,12-15H2,1-5H3,(H,24,30)(H,25,27). The molecule has 0 saturated heterocycles. The van der Waals surface area contributed by atoms with Gasteiger partial charge < -0.3 is 15.4 Å². The van der Waals surface area contributed by atoms with E-state index in [4.69, 9.17) is 4.74 Å². The molecule has 0 radical (unpaired) electrons. The Bertz CT molecular complexity index is 697. The van der Waals surface area contributed by atoms with E-state index >= 15 is 0 Å². The molecule has 8 heteroatoms. The predicted octanol–water partition coefficient (Wildman–Crippen LogP) is 1.93. The Morgan fingerprint density at radius 3 is 2.16 bits per heavy atom. The molecule has 0 unspecified atom stereocenters. The van der Waals surface area contributed by atoms with Crippen molar-refractivity contribution in [3.63, 3.8) is 0 Å². The lowest BCUT2D eigenvalue weighted by Gasteiger charge is -2.30. The number of nitrogens with one attached hydrogen (secondary N) is 2. The zero-order valence-corrected chi connectivity index (χ0v) is 19.5. The smallest absolute Gasteiger partial charge is 0.253 e. The molecule has 1 fully saturated rings. The average molecular weight is 436 g/mol. The van der Waals surface area contributed by atoms with Crippen LogP contribution in [-0.4, -0.2) is 59.4 Å². The van der Waals surface area contributed by atoms with Gasteiger partial charge in [0.1, 0.15) is 0 Å². The molecule has 1 saturated carbocycles. The van der Waals surface area contributed by atoms with Crippen LogP contribution in [0.1, 0.15) is 66.7 Å². The number of imide groups is 1. The maximum Gasteiger partial charge on any atom is 0.253 e. The molecule has 31 heavy (non-hydrogen) atoms. The normalized spacial score (nSPS) is 22.0. The first-order chi connectivity index (χ1) is 14.4. The molecular weight excluding hydrogens is 398 g/mol. The lowest BCUT2D eigenvalue weighted by molar-refractivity contribution is -0.138. The van der Waals surface area contributed by atoms with Crippen LogP contribution in [0.5, 0.6) is 0 Å². The summed E-state index contributed by atoms with van der Waals surface area (Å²) in [6, 6.07) is 0. The predicted molar refractivity (Wildman–Crippen MR) is 117 cm³/mol. The van der Waals surface area contributed by atoms with Crippen LogP contribution in [0.3, 0.4) is 0 Å². The summed E-state index contributed by atoms with van der Waals surface area (Å²) in [6.45, 7) is 10.7. The Kier molecular flexibility index (Phi) is 8.40. The molecule has 0 aromatic heterocycles. The van der Waals surface area contributed by atoms with Gasteiger partial charge in [-0.3, -0.25) is 24.1 Å². The minimum absolute atomic E-state index is 0.0508. The largest absolute Gasteiger partial charge is 0.376 e. The lowest BCUT2D eigenvalue weighted by Crippen LogP contribution is -2.49. The molecule has 0 aromatic carbocycles. The molecule has 2 rings (SSSR count). The molecule has 2 N–H and O–H groups in total. The van der Waals surface area contributed by atoms with Gasteiger partial charge in [0.25, 0.3) is 11.8 Å². The van der Waals surface area contributed by atoms with Gasteiger partial charge in [0.15, 0.2) is 0 Å². The minimum atomic E-state index is -0.426. The minimum Gasteiger partial charge on any atom is -0.376 e. The quantitative estimate of drug-likeness (QED) is 0.539. The number of carbonyl (C=O) groups excluding carboxylic acids is 4. The van der Waals surface area contributed by atoms with Crippen LogP contribution in [0, 0.1) is 11.8 Å². The molecule has 8 nitrogen and oxygen atoms in total. The van der Waals surface area contributed by atoms with Crippen LogP contribution in [0.4, 0.5) is 0 Å². The lowest BCUT2D eigenvalue weighted by atomic mass is 9.81. The Morgan fingerprint density at radius 1 is 1.03 bits per heavy atom. The number of nitrogens with zero attached hydrogens (tertiary/aromatic N) is 1. The van der Waals surface area contributed by atoms with Gasteiger partial charge in [-0.25, -0.2) is 0 Å². The Hall–Kier alpha value is -2.22. The van der Waals surface area contributed by atoms with Crippen molar-refractivity contribution in [2.24, 2.45) is 11.8 Å². The van der Waals surface area contributed by atoms with Crippen molar-refractivity contribution in [3.05, 3.63) is 12.2 Å². The third-order valence-corrected chi connectivity index (χ3v) is 5.72. The zero-order chi connectivity index (χ0) is 23.2. The fourth-order valence-corrected chi connectivity index (χ4v) is 3.88. The van der Waals surface area contributed by atoms with E-state index in [2.05, 4.69) is 10.6 Å². The SMILES string of the molecule is CC(C)(CCOC(C)(C)C)NC(=O)CNC(=O)C1CCC(CN2C(=O)C=CC2=O)CC1. The van der Waals surface area contributed by atoms with Crippen molar-refractivity contribution in [2.75, 3.05) is 19.7 Å². The highest BCUT2D eigenvalue weighted by atomic mass is 16.5. The summed E-state index contributed by atoms with van der Waals surface area (Å²) in [6.07, 6.45) is 6.21. The molecule has 0 atom stereocenters. The first kappa shape index (κ1) is 25.0. The second kappa shape index (κ2) is 10.4. The Balaban J connectivity index is 1.66. The Labute approximate surface area is 185 Å². The zero-order valence-electron chi connectivity index (χ0n) is 19.5. The molecule has 1 aliphatic heterocycles. The first-order valence-electron chi connectivity index (χ1n) is 11.1.